The first-order valence-electron chi connectivity index (χ1n) is 7.17. The number of aryl methyl sites for hydroxylation is 1. The van der Waals surface area contributed by atoms with Gasteiger partial charge in [0.25, 0.3) is 5.91 Å². The van der Waals surface area contributed by atoms with E-state index in [1.54, 1.807) is 18.2 Å². The lowest BCUT2D eigenvalue weighted by atomic mass is 10.1. The molecule has 128 valence electrons. The van der Waals surface area contributed by atoms with Crippen LogP contribution >= 0.6 is 23.2 Å². The summed E-state index contributed by atoms with van der Waals surface area (Å²) in [5, 5.41) is 3.56. The van der Waals surface area contributed by atoms with Gasteiger partial charge in [-0.15, -0.1) is 0 Å². The quantitative estimate of drug-likeness (QED) is 0.698. The summed E-state index contributed by atoms with van der Waals surface area (Å²) >= 11 is 11.8. The van der Waals surface area contributed by atoms with E-state index in [4.69, 9.17) is 23.2 Å². The molecule has 1 amide bonds. The number of alkyl halides is 3. The fourth-order valence-corrected chi connectivity index (χ4v) is 2.73. The van der Waals surface area contributed by atoms with Gasteiger partial charge < -0.3 is 5.32 Å². The highest BCUT2D eigenvalue weighted by atomic mass is 35.5. The van der Waals surface area contributed by atoms with Crippen molar-refractivity contribution in [2.75, 3.05) is 6.54 Å². The molecule has 24 heavy (non-hydrogen) atoms. The van der Waals surface area contributed by atoms with Crippen molar-refractivity contribution in [2.24, 2.45) is 0 Å². The van der Waals surface area contributed by atoms with Gasteiger partial charge in [-0.2, -0.15) is 13.2 Å². The minimum absolute atomic E-state index is 0.240. The fraction of sp³-hybridized carbons (Fsp3) is 0.235. The third-order valence-electron chi connectivity index (χ3n) is 3.40. The molecule has 0 aromatic heterocycles. The Hall–Kier alpha value is -1.72. The van der Waals surface area contributed by atoms with Crippen molar-refractivity contribution < 1.29 is 18.0 Å². The Labute approximate surface area is 147 Å². The van der Waals surface area contributed by atoms with E-state index in [1.165, 1.54) is 12.1 Å². The predicted molar refractivity (Wildman–Crippen MR) is 88.6 cm³/mol. The standard InChI is InChI=1S/C17H14Cl2F3NO/c18-12-8-7-11(15(19)10-12)4-3-9-23-16(24)13-5-1-2-6-14(13)17(20,21)22/h1-2,5-8,10H,3-4,9H2,(H,23,24). The van der Waals surface area contributed by atoms with Crippen LogP contribution in [0.2, 0.25) is 10.0 Å². The van der Waals surface area contributed by atoms with Crippen molar-refractivity contribution >= 4 is 29.1 Å². The Balaban J connectivity index is 1.92. The van der Waals surface area contributed by atoms with Crippen LogP contribution in [0.3, 0.4) is 0 Å². The molecule has 0 fully saturated rings. The van der Waals surface area contributed by atoms with E-state index in [0.717, 1.165) is 17.7 Å². The number of carbonyl (C=O) groups is 1. The highest BCUT2D eigenvalue weighted by Gasteiger charge is 2.34. The van der Waals surface area contributed by atoms with Crippen LogP contribution in [0.25, 0.3) is 0 Å². The van der Waals surface area contributed by atoms with Crippen molar-refractivity contribution in [3.05, 3.63) is 69.2 Å². The number of rotatable bonds is 5. The van der Waals surface area contributed by atoms with Gasteiger partial charge in [-0.1, -0.05) is 41.4 Å². The van der Waals surface area contributed by atoms with Gasteiger partial charge in [0.05, 0.1) is 11.1 Å². The van der Waals surface area contributed by atoms with Crippen molar-refractivity contribution in [2.45, 2.75) is 19.0 Å². The van der Waals surface area contributed by atoms with Crippen LogP contribution in [-0.4, -0.2) is 12.5 Å². The van der Waals surface area contributed by atoms with Gasteiger partial charge in [0, 0.05) is 16.6 Å². The zero-order valence-corrected chi connectivity index (χ0v) is 14.0. The summed E-state index contributed by atoms with van der Waals surface area (Å²) in [6, 6.07) is 9.82. The maximum absolute atomic E-state index is 12.9. The second kappa shape index (κ2) is 7.90. The second-order valence-electron chi connectivity index (χ2n) is 5.14. The summed E-state index contributed by atoms with van der Waals surface area (Å²) < 4.78 is 38.7. The molecule has 0 bridgehead atoms. The summed E-state index contributed by atoms with van der Waals surface area (Å²) in [6.45, 7) is 0.240. The summed E-state index contributed by atoms with van der Waals surface area (Å²) in [5.41, 5.74) is -0.455. The Morgan fingerprint density at radius 3 is 2.46 bits per heavy atom. The molecular formula is C17H14Cl2F3NO. The Morgan fingerprint density at radius 1 is 1.08 bits per heavy atom. The van der Waals surface area contributed by atoms with Crippen LogP contribution < -0.4 is 5.32 Å². The lowest BCUT2D eigenvalue weighted by molar-refractivity contribution is -0.137. The van der Waals surface area contributed by atoms with Crippen LogP contribution in [0.1, 0.15) is 27.9 Å². The number of halogens is 5. The Morgan fingerprint density at radius 2 is 1.79 bits per heavy atom. The lowest BCUT2D eigenvalue weighted by Crippen LogP contribution is -2.27. The third kappa shape index (κ3) is 4.89. The summed E-state index contributed by atoms with van der Waals surface area (Å²) in [4.78, 5) is 12.0. The Bertz CT molecular complexity index is 732. The molecule has 0 aliphatic heterocycles. The van der Waals surface area contributed by atoms with Gasteiger partial charge in [-0.3, -0.25) is 4.79 Å². The topological polar surface area (TPSA) is 29.1 Å². The minimum atomic E-state index is -4.56. The van der Waals surface area contributed by atoms with E-state index in [1.807, 2.05) is 0 Å². The van der Waals surface area contributed by atoms with Crippen LogP contribution in [0.4, 0.5) is 13.2 Å². The maximum atomic E-state index is 12.9. The van der Waals surface area contributed by atoms with Crippen LogP contribution in [0.5, 0.6) is 0 Å². The normalized spacial score (nSPS) is 11.4. The summed E-state index contributed by atoms with van der Waals surface area (Å²) in [6.07, 6.45) is -3.44. The highest BCUT2D eigenvalue weighted by molar-refractivity contribution is 6.35. The van der Waals surface area contributed by atoms with E-state index in [2.05, 4.69) is 5.32 Å². The molecular weight excluding hydrogens is 362 g/mol. The van der Waals surface area contributed by atoms with Gasteiger partial charge in [0.1, 0.15) is 0 Å². The van der Waals surface area contributed by atoms with Crippen LogP contribution in [0.15, 0.2) is 42.5 Å². The SMILES string of the molecule is O=C(NCCCc1ccc(Cl)cc1Cl)c1ccccc1C(F)(F)F. The molecule has 0 heterocycles. The molecule has 2 nitrogen and oxygen atoms in total. The molecule has 0 unspecified atom stereocenters. The van der Waals surface area contributed by atoms with Gasteiger partial charge in [-0.05, 0) is 42.7 Å². The van der Waals surface area contributed by atoms with E-state index in [0.29, 0.717) is 22.9 Å². The maximum Gasteiger partial charge on any atom is 0.417 e. The van der Waals surface area contributed by atoms with Gasteiger partial charge in [0.2, 0.25) is 0 Å². The average molecular weight is 376 g/mol. The summed E-state index contributed by atoms with van der Waals surface area (Å²) in [7, 11) is 0. The molecule has 7 heteroatoms. The molecule has 0 aliphatic rings. The molecule has 0 aliphatic carbocycles. The molecule has 1 N–H and O–H groups in total. The first kappa shape index (κ1) is 18.6. The summed E-state index contributed by atoms with van der Waals surface area (Å²) in [5.74, 6) is -0.745. The number of amides is 1. The first-order valence-corrected chi connectivity index (χ1v) is 7.93. The number of hydrogen-bond acceptors (Lipinski definition) is 1. The first-order chi connectivity index (χ1) is 11.3. The second-order valence-corrected chi connectivity index (χ2v) is 5.98. The van der Waals surface area contributed by atoms with Crippen molar-refractivity contribution in [1.82, 2.24) is 5.32 Å². The number of nitrogens with one attached hydrogen (secondary N) is 1. The van der Waals surface area contributed by atoms with Crippen molar-refractivity contribution in [3.63, 3.8) is 0 Å². The zero-order chi connectivity index (χ0) is 17.7. The lowest BCUT2D eigenvalue weighted by Gasteiger charge is -2.12. The fourth-order valence-electron chi connectivity index (χ4n) is 2.23. The number of carbonyl (C=O) groups excluding carboxylic acids is 1. The van der Waals surface area contributed by atoms with E-state index in [-0.39, 0.29) is 12.1 Å². The van der Waals surface area contributed by atoms with E-state index >= 15 is 0 Å². The van der Waals surface area contributed by atoms with Gasteiger partial charge >= 0.3 is 6.18 Å². The third-order valence-corrected chi connectivity index (χ3v) is 3.99. The molecule has 2 rings (SSSR count). The number of benzene rings is 2. The van der Waals surface area contributed by atoms with Gasteiger partial charge in [0.15, 0.2) is 0 Å². The zero-order valence-electron chi connectivity index (χ0n) is 12.5. The smallest absolute Gasteiger partial charge is 0.352 e. The van der Waals surface area contributed by atoms with E-state index in [9.17, 15) is 18.0 Å². The Kier molecular flexibility index (Phi) is 6.13. The molecule has 0 radical (unpaired) electrons. The van der Waals surface area contributed by atoms with E-state index < -0.39 is 17.6 Å². The average Bonchev–Trinajstić information content (AvgIpc) is 2.52. The molecule has 0 saturated carbocycles. The molecule has 2 aromatic carbocycles. The molecule has 0 saturated heterocycles. The van der Waals surface area contributed by atoms with Gasteiger partial charge in [-0.25, -0.2) is 0 Å². The van der Waals surface area contributed by atoms with Crippen molar-refractivity contribution in [1.29, 1.82) is 0 Å². The van der Waals surface area contributed by atoms with Crippen LogP contribution in [0, 0.1) is 0 Å². The minimum Gasteiger partial charge on any atom is -0.352 e. The largest absolute Gasteiger partial charge is 0.417 e. The predicted octanol–water partition coefficient (Wildman–Crippen LogP) is 5.37. The molecule has 0 atom stereocenters. The van der Waals surface area contributed by atoms with Crippen LogP contribution in [-0.2, 0) is 12.6 Å². The number of hydrogen-bond donors (Lipinski definition) is 1. The van der Waals surface area contributed by atoms with Crippen molar-refractivity contribution in [3.8, 4) is 0 Å². The highest BCUT2D eigenvalue weighted by Crippen LogP contribution is 2.31. The monoisotopic (exact) mass is 375 g/mol. The molecule has 2 aromatic rings. The molecule has 0 spiro atoms.